The Morgan fingerprint density at radius 2 is 2.00 bits per heavy atom. The number of benzene rings is 2. The molecular weight excluding hydrogens is 322 g/mol. The van der Waals surface area contributed by atoms with Gasteiger partial charge in [0.15, 0.2) is 0 Å². The molecule has 0 heterocycles. The molecule has 2 rings (SSSR count). The fourth-order valence-corrected chi connectivity index (χ4v) is 2.25. The molecule has 0 aromatic heterocycles. The fourth-order valence-electron chi connectivity index (χ4n) is 2.06. The maximum atomic E-state index is 12.1. The molecule has 0 saturated carbocycles. The lowest BCUT2D eigenvalue weighted by Gasteiger charge is -2.06. The SMILES string of the molecule is Cc1ccc(CCN/C=C(/C#N)C(=O)Nc2cccc(Cl)c2)cc1. The number of carbonyl (C=O) groups excluding carboxylic acids is 1. The van der Waals surface area contributed by atoms with Crippen molar-refractivity contribution in [2.24, 2.45) is 0 Å². The van der Waals surface area contributed by atoms with Gasteiger partial charge >= 0.3 is 0 Å². The average molecular weight is 340 g/mol. The van der Waals surface area contributed by atoms with Crippen LogP contribution in [0.4, 0.5) is 5.69 Å². The van der Waals surface area contributed by atoms with Crippen LogP contribution in [0.3, 0.4) is 0 Å². The molecule has 5 heteroatoms. The van der Waals surface area contributed by atoms with Crippen molar-refractivity contribution >= 4 is 23.2 Å². The third-order valence-corrected chi connectivity index (χ3v) is 3.61. The quantitative estimate of drug-likeness (QED) is 0.477. The molecule has 0 spiro atoms. The van der Waals surface area contributed by atoms with Gasteiger partial charge in [-0.25, -0.2) is 0 Å². The van der Waals surface area contributed by atoms with Crippen LogP contribution in [0.5, 0.6) is 0 Å². The van der Waals surface area contributed by atoms with Crippen molar-refractivity contribution < 1.29 is 4.79 Å². The third kappa shape index (κ3) is 5.45. The van der Waals surface area contributed by atoms with Gasteiger partial charge in [0.05, 0.1) is 0 Å². The maximum absolute atomic E-state index is 12.1. The van der Waals surface area contributed by atoms with Crippen LogP contribution in [0, 0.1) is 18.3 Å². The minimum absolute atomic E-state index is 0.0129. The zero-order chi connectivity index (χ0) is 17.4. The monoisotopic (exact) mass is 339 g/mol. The molecule has 2 aromatic carbocycles. The molecule has 0 aliphatic carbocycles. The Morgan fingerprint density at radius 3 is 2.67 bits per heavy atom. The summed E-state index contributed by atoms with van der Waals surface area (Å²) in [6.07, 6.45) is 2.25. The molecular formula is C19H18ClN3O. The van der Waals surface area contributed by atoms with Crippen molar-refractivity contribution in [2.45, 2.75) is 13.3 Å². The van der Waals surface area contributed by atoms with Crippen molar-refractivity contribution in [2.75, 3.05) is 11.9 Å². The van der Waals surface area contributed by atoms with Crippen molar-refractivity contribution in [3.8, 4) is 6.07 Å². The van der Waals surface area contributed by atoms with Gasteiger partial charge in [-0.2, -0.15) is 5.26 Å². The molecule has 2 aromatic rings. The second-order valence-electron chi connectivity index (χ2n) is 5.32. The van der Waals surface area contributed by atoms with Crippen molar-refractivity contribution in [3.05, 3.63) is 76.5 Å². The molecule has 0 aliphatic rings. The van der Waals surface area contributed by atoms with Gasteiger partial charge in [-0.3, -0.25) is 4.79 Å². The molecule has 0 atom stereocenters. The average Bonchev–Trinajstić information content (AvgIpc) is 2.56. The van der Waals surface area contributed by atoms with Crippen LogP contribution in [-0.2, 0) is 11.2 Å². The van der Waals surface area contributed by atoms with Gasteiger partial charge in [0.2, 0.25) is 0 Å². The first-order valence-corrected chi connectivity index (χ1v) is 7.92. The predicted molar refractivity (Wildman–Crippen MR) is 96.7 cm³/mol. The predicted octanol–water partition coefficient (Wildman–Crippen LogP) is 3.83. The van der Waals surface area contributed by atoms with Crippen LogP contribution >= 0.6 is 11.6 Å². The first-order valence-electron chi connectivity index (χ1n) is 7.54. The summed E-state index contributed by atoms with van der Waals surface area (Å²) < 4.78 is 0. The fraction of sp³-hybridized carbons (Fsp3) is 0.158. The molecule has 0 radical (unpaired) electrons. The summed E-state index contributed by atoms with van der Waals surface area (Å²) in [6, 6.07) is 16.9. The van der Waals surface area contributed by atoms with Gasteiger partial charge in [-0.15, -0.1) is 0 Å². The molecule has 4 nitrogen and oxygen atoms in total. The lowest BCUT2D eigenvalue weighted by Crippen LogP contribution is -2.18. The number of amides is 1. The molecule has 2 N–H and O–H groups in total. The normalized spacial score (nSPS) is 10.8. The van der Waals surface area contributed by atoms with Crippen molar-refractivity contribution in [1.29, 1.82) is 5.26 Å². The zero-order valence-corrected chi connectivity index (χ0v) is 14.1. The number of carbonyl (C=O) groups is 1. The van der Waals surface area contributed by atoms with Gasteiger partial charge in [0, 0.05) is 23.5 Å². The van der Waals surface area contributed by atoms with Crippen molar-refractivity contribution in [3.63, 3.8) is 0 Å². The smallest absolute Gasteiger partial charge is 0.267 e. The highest BCUT2D eigenvalue weighted by Crippen LogP contribution is 2.15. The number of anilines is 1. The van der Waals surface area contributed by atoms with Crippen LogP contribution in [0.25, 0.3) is 0 Å². The van der Waals surface area contributed by atoms with Gasteiger partial charge in [0.1, 0.15) is 11.6 Å². The van der Waals surface area contributed by atoms with Gasteiger partial charge in [0.25, 0.3) is 5.91 Å². The van der Waals surface area contributed by atoms with Crippen LogP contribution in [0.15, 0.2) is 60.3 Å². The molecule has 0 bridgehead atoms. The van der Waals surface area contributed by atoms with Crippen molar-refractivity contribution in [1.82, 2.24) is 5.32 Å². The maximum Gasteiger partial charge on any atom is 0.267 e. The summed E-state index contributed by atoms with van der Waals surface area (Å²) in [5.41, 5.74) is 2.98. The van der Waals surface area contributed by atoms with E-state index in [2.05, 4.69) is 34.9 Å². The van der Waals surface area contributed by atoms with E-state index >= 15 is 0 Å². The number of nitrogens with one attached hydrogen (secondary N) is 2. The first-order chi connectivity index (χ1) is 11.6. The Hall–Kier alpha value is -2.77. The summed E-state index contributed by atoms with van der Waals surface area (Å²) in [4.78, 5) is 12.1. The molecule has 1 amide bonds. The van der Waals surface area contributed by atoms with E-state index in [1.807, 2.05) is 13.0 Å². The number of hydrogen-bond donors (Lipinski definition) is 2. The summed E-state index contributed by atoms with van der Waals surface area (Å²) in [7, 11) is 0. The summed E-state index contributed by atoms with van der Waals surface area (Å²) >= 11 is 5.87. The second kappa shape index (κ2) is 8.76. The van der Waals surface area contributed by atoms with E-state index in [9.17, 15) is 4.79 Å². The Kier molecular flexibility index (Phi) is 6.41. The van der Waals surface area contributed by atoms with Crippen LogP contribution in [0.1, 0.15) is 11.1 Å². The molecule has 24 heavy (non-hydrogen) atoms. The largest absolute Gasteiger partial charge is 0.389 e. The van der Waals surface area contributed by atoms with E-state index in [1.54, 1.807) is 24.3 Å². The summed E-state index contributed by atoms with van der Waals surface area (Å²) in [5.74, 6) is -0.470. The molecule has 0 fully saturated rings. The number of rotatable bonds is 6. The molecule has 122 valence electrons. The topological polar surface area (TPSA) is 64.9 Å². The Bertz CT molecular complexity index is 776. The molecule has 0 aliphatic heterocycles. The lowest BCUT2D eigenvalue weighted by molar-refractivity contribution is -0.112. The second-order valence-corrected chi connectivity index (χ2v) is 5.76. The van der Waals surface area contributed by atoms with E-state index in [4.69, 9.17) is 16.9 Å². The standard InChI is InChI=1S/C19H18ClN3O/c1-14-5-7-15(8-6-14)9-10-22-13-16(12-21)19(24)23-18-4-2-3-17(20)11-18/h2-8,11,13,22H,9-10H2,1H3,(H,23,24)/b16-13-. The minimum Gasteiger partial charge on any atom is -0.389 e. The highest BCUT2D eigenvalue weighted by atomic mass is 35.5. The Labute approximate surface area is 146 Å². The summed E-state index contributed by atoms with van der Waals surface area (Å²) in [6.45, 7) is 2.68. The third-order valence-electron chi connectivity index (χ3n) is 3.37. The summed E-state index contributed by atoms with van der Waals surface area (Å²) in [5, 5.41) is 15.3. The minimum atomic E-state index is -0.470. The van der Waals surface area contributed by atoms with Gasteiger partial charge < -0.3 is 10.6 Å². The van der Waals surface area contributed by atoms with Gasteiger partial charge in [-0.05, 0) is 37.1 Å². The number of nitrogens with zero attached hydrogens (tertiary/aromatic N) is 1. The highest BCUT2D eigenvalue weighted by Gasteiger charge is 2.09. The molecule has 0 saturated heterocycles. The van der Waals surface area contributed by atoms with Crippen LogP contribution in [-0.4, -0.2) is 12.5 Å². The number of halogens is 1. The van der Waals surface area contributed by atoms with E-state index in [0.717, 1.165) is 6.42 Å². The van der Waals surface area contributed by atoms with E-state index < -0.39 is 5.91 Å². The van der Waals surface area contributed by atoms with Gasteiger partial charge in [-0.1, -0.05) is 47.5 Å². The lowest BCUT2D eigenvalue weighted by atomic mass is 10.1. The molecule has 0 unspecified atom stereocenters. The Morgan fingerprint density at radius 1 is 1.25 bits per heavy atom. The number of hydrogen-bond acceptors (Lipinski definition) is 3. The van der Waals surface area contributed by atoms with Crippen LogP contribution in [0.2, 0.25) is 5.02 Å². The number of nitriles is 1. The highest BCUT2D eigenvalue weighted by molar-refractivity contribution is 6.31. The number of aryl methyl sites for hydroxylation is 1. The zero-order valence-electron chi connectivity index (χ0n) is 13.3. The van der Waals surface area contributed by atoms with E-state index in [0.29, 0.717) is 17.3 Å². The van der Waals surface area contributed by atoms with E-state index in [-0.39, 0.29) is 5.57 Å². The van der Waals surface area contributed by atoms with E-state index in [1.165, 1.54) is 17.3 Å². The first kappa shape index (κ1) is 17.6. The Balaban J connectivity index is 1.87. The van der Waals surface area contributed by atoms with Crippen LogP contribution < -0.4 is 10.6 Å².